The van der Waals surface area contributed by atoms with Crippen molar-refractivity contribution in [1.82, 2.24) is 9.80 Å². The first-order valence-electron chi connectivity index (χ1n) is 5.97. The minimum Gasteiger partial charge on any atom is -0.478 e. The molecule has 0 aromatic heterocycles. The molecule has 2 N–H and O–H groups in total. The Hall–Kier alpha value is -2.64. The molecule has 0 saturated heterocycles. The number of aromatic carboxylic acids is 1. The van der Waals surface area contributed by atoms with Crippen LogP contribution in [0.3, 0.4) is 0 Å². The fourth-order valence-corrected chi connectivity index (χ4v) is 1.38. The number of hydrogen-bond acceptors (Lipinski definition) is 3. The number of urea groups is 1. The molecule has 1 aromatic carbocycles. The Labute approximate surface area is 120 Å². The van der Waals surface area contributed by atoms with Gasteiger partial charge in [0.1, 0.15) is 12.4 Å². The fraction of sp³-hybridized carbons (Fsp3) is 0.308. The van der Waals surface area contributed by atoms with Gasteiger partial charge >= 0.3 is 12.0 Å². The summed E-state index contributed by atoms with van der Waals surface area (Å²) in [4.78, 5) is 36.4. The predicted molar refractivity (Wildman–Crippen MR) is 73.7 cm³/mol. The van der Waals surface area contributed by atoms with Gasteiger partial charge in [0.25, 0.3) is 0 Å². The van der Waals surface area contributed by atoms with E-state index in [1.807, 2.05) is 0 Å². The molecule has 0 fully saturated rings. The Morgan fingerprint density at radius 2 is 1.86 bits per heavy atom. The molecule has 1 aromatic rings. The summed E-state index contributed by atoms with van der Waals surface area (Å²) in [5.41, 5.74) is -0.379. The van der Waals surface area contributed by atoms with Crippen LogP contribution in [0.5, 0.6) is 0 Å². The number of nitrogens with one attached hydrogen (secondary N) is 1. The van der Waals surface area contributed by atoms with E-state index in [4.69, 9.17) is 5.11 Å². The number of nitrogens with zero attached hydrogens (tertiary/aromatic N) is 2. The molecule has 114 valence electrons. The molecule has 0 saturated carbocycles. The molecule has 0 radical (unpaired) electrons. The maximum absolute atomic E-state index is 13.7. The zero-order valence-corrected chi connectivity index (χ0v) is 11.9. The highest BCUT2D eigenvalue weighted by Gasteiger charge is 2.16. The van der Waals surface area contributed by atoms with Crippen molar-refractivity contribution in [3.8, 4) is 0 Å². The SMILES string of the molecule is CN(C)C(=O)CN(C)C(=O)Nc1ccc(C(=O)O)cc1F. The second kappa shape index (κ2) is 6.69. The van der Waals surface area contributed by atoms with Crippen molar-refractivity contribution in [3.63, 3.8) is 0 Å². The lowest BCUT2D eigenvalue weighted by Crippen LogP contribution is -2.40. The number of rotatable bonds is 4. The highest BCUT2D eigenvalue weighted by molar-refractivity contribution is 5.93. The molecule has 21 heavy (non-hydrogen) atoms. The van der Waals surface area contributed by atoms with Gasteiger partial charge in [-0.2, -0.15) is 0 Å². The van der Waals surface area contributed by atoms with E-state index in [0.29, 0.717) is 0 Å². The monoisotopic (exact) mass is 297 g/mol. The van der Waals surface area contributed by atoms with Gasteiger partial charge in [-0.3, -0.25) is 4.79 Å². The average Bonchev–Trinajstić information content (AvgIpc) is 2.40. The molecule has 3 amide bonds. The third-order valence-corrected chi connectivity index (χ3v) is 2.68. The molecule has 0 spiro atoms. The van der Waals surface area contributed by atoms with Crippen molar-refractivity contribution < 1.29 is 23.9 Å². The maximum atomic E-state index is 13.7. The number of anilines is 1. The van der Waals surface area contributed by atoms with Gasteiger partial charge in [0.2, 0.25) is 5.91 Å². The van der Waals surface area contributed by atoms with E-state index < -0.39 is 17.8 Å². The van der Waals surface area contributed by atoms with Crippen molar-refractivity contribution in [2.45, 2.75) is 0 Å². The van der Waals surface area contributed by atoms with E-state index in [0.717, 1.165) is 17.0 Å². The van der Waals surface area contributed by atoms with Gasteiger partial charge < -0.3 is 20.2 Å². The first-order valence-corrected chi connectivity index (χ1v) is 5.97. The number of halogens is 1. The van der Waals surface area contributed by atoms with E-state index in [2.05, 4.69) is 5.32 Å². The smallest absolute Gasteiger partial charge is 0.335 e. The summed E-state index contributed by atoms with van der Waals surface area (Å²) in [6.07, 6.45) is 0. The van der Waals surface area contributed by atoms with Crippen LogP contribution < -0.4 is 5.32 Å². The molecule has 0 bridgehead atoms. The molecule has 0 aliphatic heterocycles. The van der Waals surface area contributed by atoms with Gasteiger partial charge in [-0.05, 0) is 18.2 Å². The predicted octanol–water partition coefficient (Wildman–Crippen LogP) is 1.08. The van der Waals surface area contributed by atoms with Crippen LogP contribution in [0.4, 0.5) is 14.9 Å². The van der Waals surface area contributed by atoms with Crippen molar-refractivity contribution >= 4 is 23.6 Å². The van der Waals surface area contributed by atoms with E-state index in [-0.39, 0.29) is 23.7 Å². The minimum atomic E-state index is -1.26. The number of hydrogen-bond donors (Lipinski definition) is 2. The molecule has 0 unspecified atom stereocenters. The molecule has 0 heterocycles. The Balaban J connectivity index is 2.75. The van der Waals surface area contributed by atoms with Gasteiger partial charge in [0.15, 0.2) is 0 Å². The van der Waals surface area contributed by atoms with Gasteiger partial charge in [0, 0.05) is 21.1 Å². The number of amides is 3. The normalized spacial score (nSPS) is 9.90. The van der Waals surface area contributed by atoms with Gasteiger partial charge in [-0.1, -0.05) is 0 Å². The Morgan fingerprint density at radius 3 is 2.33 bits per heavy atom. The quantitative estimate of drug-likeness (QED) is 0.870. The largest absolute Gasteiger partial charge is 0.478 e. The zero-order chi connectivity index (χ0) is 16.2. The summed E-state index contributed by atoms with van der Waals surface area (Å²) in [6.45, 7) is -0.159. The number of carboxylic acid groups (broad SMARTS) is 1. The van der Waals surface area contributed by atoms with E-state index in [9.17, 15) is 18.8 Å². The first-order chi connectivity index (χ1) is 9.72. The molecule has 7 nitrogen and oxygen atoms in total. The number of likely N-dealkylation sites (N-methyl/N-ethyl adjacent to an activating group) is 2. The topological polar surface area (TPSA) is 90.0 Å². The van der Waals surface area contributed by atoms with Crippen LogP contribution in [0.1, 0.15) is 10.4 Å². The van der Waals surface area contributed by atoms with E-state index >= 15 is 0 Å². The van der Waals surface area contributed by atoms with Gasteiger partial charge in [0.05, 0.1) is 11.3 Å². The number of benzene rings is 1. The van der Waals surface area contributed by atoms with Crippen molar-refractivity contribution in [1.29, 1.82) is 0 Å². The third kappa shape index (κ3) is 4.44. The van der Waals surface area contributed by atoms with Crippen molar-refractivity contribution in [2.75, 3.05) is 33.0 Å². The van der Waals surface area contributed by atoms with Gasteiger partial charge in [-0.25, -0.2) is 14.0 Å². The van der Waals surface area contributed by atoms with Gasteiger partial charge in [-0.15, -0.1) is 0 Å². The average molecular weight is 297 g/mol. The van der Waals surface area contributed by atoms with Crippen LogP contribution in [-0.4, -0.2) is 60.5 Å². The van der Waals surface area contributed by atoms with Crippen LogP contribution in [0.2, 0.25) is 0 Å². The molecule has 1 rings (SSSR count). The summed E-state index contributed by atoms with van der Waals surface area (Å²) in [7, 11) is 4.50. The van der Waals surface area contributed by atoms with Crippen LogP contribution in [0.25, 0.3) is 0 Å². The van der Waals surface area contributed by atoms with E-state index in [1.165, 1.54) is 18.0 Å². The van der Waals surface area contributed by atoms with Crippen molar-refractivity contribution in [2.24, 2.45) is 0 Å². The van der Waals surface area contributed by atoms with E-state index in [1.54, 1.807) is 14.1 Å². The number of carboxylic acids is 1. The fourth-order valence-electron chi connectivity index (χ4n) is 1.38. The standard InChI is InChI=1S/C13H16FN3O4/c1-16(2)11(18)7-17(3)13(21)15-10-5-4-8(12(19)20)6-9(10)14/h4-6H,7H2,1-3H3,(H,15,21)(H,19,20). The summed E-state index contributed by atoms with van der Waals surface area (Å²) in [5.74, 6) is -2.41. The second-order valence-corrected chi connectivity index (χ2v) is 4.57. The Bertz CT molecular complexity index is 575. The molecule has 0 aliphatic rings. The lowest BCUT2D eigenvalue weighted by atomic mass is 10.2. The van der Waals surface area contributed by atoms with Crippen LogP contribution in [-0.2, 0) is 4.79 Å². The molecular formula is C13H16FN3O4. The number of carbonyl (C=O) groups is 3. The molecule has 0 aliphatic carbocycles. The molecule has 8 heteroatoms. The Morgan fingerprint density at radius 1 is 1.24 bits per heavy atom. The van der Waals surface area contributed by atoms with Crippen molar-refractivity contribution in [3.05, 3.63) is 29.6 Å². The first kappa shape index (κ1) is 16.4. The molecule has 0 atom stereocenters. The highest BCUT2D eigenvalue weighted by Crippen LogP contribution is 2.16. The summed E-state index contributed by atoms with van der Waals surface area (Å²) >= 11 is 0. The third-order valence-electron chi connectivity index (χ3n) is 2.68. The minimum absolute atomic E-state index is 0.158. The zero-order valence-electron chi connectivity index (χ0n) is 11.9. The summed E-state index contributed by atoms with van der Waals surface area (Å²) in [6, 6.07) is 2.46. The Kier molecular flexibility index (Phi) is 5.23. The lowest BCUT2D eigenvalue weighted by Gasteiger charge is -2.19. The molecular weight excluding hydrogens is 281 g/mol. The van der Waals surface area contributed by atoms with Crippen LogP contribution in [0, 0.1) is 5.82 Å². The van der Waals surface area contributed by atoms with Crippen LogP contribution in [0.15, 0.2) is 18.2 Å². The maximum Gasteiger partial charge on any atom is 0.335 e. The second-order valence-electron chi connectivity index (χ2n) is 4.57. The lowest BCUT2D eigenvalue weighted by molar-refractivity contribution is -0.129. The van der Waals surface area contributed by atoms with Crippen LogP contribution >= 0.6 is 0 Å². The summed E-state index contributed by atoms with van der Waals surface area (Å²) < 4.78 is 13.7. The highest BCUT2D eigenvalue weighted by atomic mass is 19.1. The summed E-state index contributed by atoms with van der Waals surface area (Å²) in [5, 5.41) is 11.0. The number of carbonyl (C=O) groups excluding carboxylic acids is 2.